The van der Waals surface area contributed by atoms with Crippen molar-refractivity contribution >= 4 is 41.0 Å². The van der Waals surface area contributed by atoms with Crippen molar-refractivity contribution in [2.45, 2.75) is 45.6 Å². The zero-order chi connectivity index (χ0) is 29.5. The van der Waals surface area contributed by atoms with Crippen LogP contribution in [-0.4, -0.2) is 83.6 Å². The van der Waals surface area contributed by atoms with Gasteiger partial charge in [0.2, 0.25) is 5.91 Å². The third kappa shape index (κ3) is 5.71. The van der Waals surface area contributed by atoms with Crippen molar-refractivity contribution < 1.29 is 33.4 Å². The van der Waals surface area contributed by atoms with Crippen molar-refractivity contribution in [1.29, 1.82) is 0 Å². The van der Waals surface area contributed by atoms with E-state index in [1.165, 1.54) is 11.8 Å². The topological polar surface area (TPSA) is 126 Å². The zero-order valence-electron chi connectivity index (χ0n) is 23.4. The largest absolute Gasteiger partial charge is 0.457 e. The SMILES string of the molecule is CC(=O)NC[C@H]1CN(c2ccc(C3=CCN([C@H](C(=O)OC(C)(C)C)N4C(=O)c5ccccc5C4=O)C3)cc2)C(=O)O1. The number of cyclic esters (lactones) is 1. The standard InChI is InChI=1S/C30H32N4O7/c1-18(35)31-15-22-17-33(29(39)40-22)21-11-9-19(10-12-21)20-13-14-32(16-20)25(28(38)41-30(2,3)4)34-26(36)23-7-5-6-8-24(23)27(34)37/h5-13,22,25H,14-17H2,1-4H3,(H,31,35)/t22-,25-/m0/s1. The average Bonchev–Trinajstić information content (AvgIpc) is 3.61. The van der Waals surface area contributed by atoms with Crippen molar-refractivity contribution in [3.8, 4) is 0 Å². The number of amides is 4. The van der Waals surface area contributed by atoms with Gasteiger partial charge >= 0.3 is 12.1 Å². The number of nitrogens with one attached hydrogen (secondary N) is 1. The second kappa shape index (κ2) is 10.8. The van der Waals surface area contributed by atoms with Gasteiger partial charge in [-0.15, -0.1) is 0 Å². The molecule has 2 aromatic carbocycles. The molecule has 0 bridgehead atoms. The van der Waals surface area contributed by atoms with Gasteiger partial charge < -0.3 is 14.8 Å². The molecule has 0 radical (unpaired) electrons. The van der Waals surface area contributed by atoms with Crippen molar-refractivity contribution in [2.24, 2.45) is 0 Å². The zero-order valence-corrected chi connectivity index (χ0v) is 23.4. The molecule has 0 saturated carbocycles. The number of imide groups is 1. The summed E-state index contributed by atoms with van der Waals surface area (Å²) < 4.78 is 11.0. The highest BCUT2D eigenvalue weighted by atomic mass is 16.6. The van der Waals surface area contributed by atoms with E-state index in [2.05, 4.69) is 5.32 Å². The molecule has 1 N–H and O–H groups in total. The molecule has 214 valence electrons. The first kappa shape index (κ1) is 28.0. The Labute approximate surface area is 237 Å². The monoisotopic (exact) mass is 560 g/mol. The van der Waals surface area contributed by atoms with Gasteiger partial charge in [-0.05, 0) is 56.2 Å². The summed E-state index contributed by atoms with van der Waals surface area (Å²) in [4.78, 5) is 67.9. The normalized spacial score (nSPS) is 19.7. The van der Waals surface area contributed by atoms with Crippen LogP contribution >= 0.6 is 0 Å². The Morgan fingerprint density at radius 2 is 1.66 bits per heavy atom. The Hall–Kier alpha value is -4.51. The fourth-order valence-corrected chi connectivity index (χ4v) is 5.12. The van der Waals surface area contributed by atoms with Gasteiger partial charge in [-0.2, -0.15) is 0 Å². The van der Waals surface area contributed by atoms with Gasteiger partial charge in [-0.25, -0.2) is 14.5 Å². The molecule has 2 atom stereocenters. The quantitative estimate of drug-likeness (QED) is 0.405. The fourth-order valence-electron chi connectivity index (χ4n) is 5.12. The summed E-state index contributed by atoms with van der Waals surface area (Å²) in [5.41, 5.74) is 2.11. The molecule has 5 rings (SSSR count). The highest BCUT2D eigenvalue weighted by Gasteiger charge is 2.47. The number of carbonyl (C=O) groups is 5. The molecule has 41 heavy (non-hydrogen) atoms. The first-order chi connectivity index (χ1) is 19.4. The Kier molecular flexibility index (Phi) is 7.39. The van der Waals surface area contributed by atoms with E-state index >= 15 is 0 Å². The predicted octanol–water partition coefficient (Wildman–Crippen LogP) is 2.81. The Morgan fingerprint density at radius 3 is 2.24 bits per heavy atom. The number of carbonyl (C=O) groups excluding carboxylic acids is 5. The number of anilines is 1. The number of ether oxygens (including phenoxy) is 2. The highest BCUT2D eigenvalue weighted by Crippen LogP contribution is 2.31. The van der Waals surface area contributed by atoms with E-state index in [0.29, 0.717) is 25.3 Å². The van der Waals surface area contributed by atoms with Gasteiger partial charge in [-0.1, -0.05) is 30.3 Å². The van der Waals surface area contributed by atoms with Crippen molar-refractivity contribution in [2.75, 3.05) is 31.1 Å². The first-order valence-electron chi connectivity index (χ1n) is 13.4. The number of hydrogen-bond acceptors (Lipinski definition) is 8. The molecule has 3 aliphatic rings. The molecular weight excluding hydrogens is 528 g/mol. The third-order valence-corrected chi connectivity index (χ3v) is 6.98. The van der Waals surface area contributed by atoms with Crippen LogP contribution in [0.4, 0.5) is 10.5 Å². The molecule has 2 aromatic rings. The molecule has 0 aromatic heterocycles. The van der Waals surface area contributed by atoms with Crippen LogP contribution in [-0.2, 0) is 19.1 Å². The summed E-state index contributed by atoms with van der Waals surface area (Å²) in [6.45, 7) is 7.77. The van der Waals surface area contributed by atoms with E-state index in [1.54, 1.807) is 62.1 Å². The summed E-state index contributed by atoms with van der Waals surface area (Å²) in [7, 11) is 0. The number of fused-ring (bicyclic) bond motifs is 1. The van der Waals surface area contributed by atoms with Crippen molar-refractivity contribution in [3.05, 3.63) is 71.3 Å². The predicted molar refractivity (Wildman–Crippen MR) is 149 cm³/mol. The molecule has 0 unspecified atom stereocenters. The average molecular weight is 561 g/mol. The summed E-state index contributed by atoms with van der Waals surface area (Å²) in [6.07, 6.45) is -0.225. The molecule has 11 nitrogen and oxygen atoms in total. The molecule has 0 aliphatic carbocycles. The van der Waals surface area contributed by atoms with Crippen molar-refractivity contribution in [1.82, 2.24) is 15.1 Å². The van der Waals surface area contributed by atoms with Gasteiger partial charge in [0.25, 0.3) is 11.8 Å². The maximum Gasteiger partial charge on any atom is 0.414 e. The van der Waals surface area contributed by atoms with Crippen LogP contribution in [0.5, 0.6) is 0 Å². The van der Waals surface area contributed by atoms with Crippen LogP contribution in [0.1, 0.15) is 54.0 Å². The van der Waals surface area contributed by atoms with E-state index in [1.807, 2.05) is 18.2 Å². The Morgan fingerprint density at radius 1 is 1.02 bits per heavy atom. The van der Waals surface area contributed by atoms with Gasteiger partial charge in [0, 0.05) is 25.7 Å². The summed E-state index contributed by atoms with van der Waals surface area (Å²) in [6, 6.07) is 13.9. The molecular formula is C30H32N4O7. The Balaban J connectivity index is 1.32. The van der Waals surface area contributed by atoms with Crippen LogP contribution in [0.15, 0.2) is 54.6 Å². The number of rotatable bonds is 7. The van der Waals surface area contributed by atoms with E-state index in [0.717, 1.165) is 16.0 Å². The van der Waals surface area contributed by atoms with E-state index in [-0.39, 0.29) is 23.6 Å². The molecule has 1 fully saturated rings. The van der Waals surface area contributed by atoms with Gasteiger partial charge in [0.05, 0.1) is 24.2 Å². The minimum Gasteiger partial charge on any atom is -0.457 e. The number of hydrogen-bond donors (Lipinski definition) is 1. The maximum absolute atomic E-state index is 13.4. The highest BCUT2D eigenvalue weighted by molar-refractivity contribution is 6.22. The van der Waals surface area contributed by atoms with Crippen LogP contribution in [0, 0.1) is 0 Å². The lowest BCUT2D eigenvalue weighted by atomic mass is 10.1. The second-order valence-electron chi connectivity index (χ2n) is 11.2. The third-order valence-electron chi connectivity index (χ3n) is 6.98. The molecule has 11 heteroatoms. The van der Waals surface area contributed by atoms with E-state index < -0.39 is 41.7 Å². The smallest absolute Gasteiger partial charge is 0.414 e. The van der Waals surface area contributed by atoms with Gasteiger partial charge in [-0.3, -0.25) is 24.2 Å². The number of esters is 1. The molecule has 4 amide bonds. The summed E-state index contributed by atoms with van der Waals surface area (Å²) >= 11 is 0. The maximum atomic E-state index is 13.4. The lowest BCUT2D eigenvalue weighted by Crippen LogP contribution is -2.56. The molecule has 0 spiro atoms. The van der Waals surface area contributed by atoms with E-state index in [9.17, 15) is 24.0 Å². The van der Waals surface area contributed by atoms with Crippen LogP contribution in [0.3, 0.4) is 0 Å². The Bertz CT molecular complexity index is 1410. The van der Waals surface area contributed by atoms with Gasteiger partial charge in [0.15, 0.2) is 6.17 Å². The first-order valence-corrected chi connectivity index (χ1v) is 13.4. The molecule has 3 aliphatic heterocycles. The van der Waals surface area contributed by atoms with Crippen molar-refractivity contribution in [3.63, 3.8) is 0 Å². The lowest BCUT2D eigenvalue weighted by molar-refractivity contribution is -0.165. The minimum absolute atomic E-state index is 0.195. The van der Waals surface area contributed by atoms with Crippen LogP contribution in [0.25, 0.3) is 5.57 Å². The molecule has 1 saturated heterocycles. The fraction of sp³-hybridized carbons (Fsp3) is 0.367. The second-order valence-corrected chi connectivity index (χ2v) is 11.2. The number of benzene rings is 2. The van der Waals surface area contributed by atoms with Crippen LogP contribution in [0.2, 0.25) is 0 Å². The van der Waals surface area contributed by atoms with E-state index in [4.69, 9.17) is 9.47 Å². The van der Waals surface area contributed by atoms with Gasteiger partial charge in [0.1, 0.15) is 11.7 Å². The lowest BCUT2D eigenvalue weighted by Gasteiger charge is -2.34. The summed E-state index contributed by atoms with van der Waals surface area (Å²) in [5.74, 6) is -1.94. The number of nitrogens with zero attached hydrogens (tertiary/aromatic N) is 3. The minimum atomic E-state index is -1.24. The van der Waals surface area contributed by atoms with Crippen LogP contribution < -0.4 is 10.2 Å². The summed E-state index contributed by atoms with van der Waals surface area (Å²) in [5, 5.41) is 2.66. The molecule has 3 heterocycles.